The number of carboxylic acid groups (broad SMARTS) is 1. The molecule has 0 bridgehead atoms. The molecule has 1 aromatic carbocycles. The first-order chi connectivity index (χ1) is 9.40. The summed E-state index contributed by atoms with van der Waals surface area (Å²) in [4.78, 5) is 11.9. The summed E-state index contributed by atoms with van der Waals surface area (Å²) < 4.78 is 2.57. The molecular formula is C13H12BrClN2O2S. The second-order valence-corrected chi connectivity index (χ2v) is 6.51. The Balaban J connectivity index is 2.27. The van der Waals surface area contributed by atoms with E-state index in [0.717, 1.165) is 15.9 Å². The van der Waals surface area contributed by atoms with E-state index in [2.05, 4.69) is 21.0 Å². The van der Waals surface area contributed by atoms with Crippen molar-refractivity contribution in [2.45, 2.75) is 17.6 Å². The lowest BCUT2D eigenvalue weighted by Crippen LogP contribution is -2.00. The van der Waals surface area contributed by atoms with Crippen molar-refractivity contribution in [1.29, 1.82) is 0 Å². The Hall–Kier alpha value is -0.980. The monoisotopic (exact) mass is 374 g/mol. The van der Waals surface area contributed by atoms with Crippen molar-refractivity contribution in [3.63, 3.8) is 0 Å². The van der Waals surface area contributed by atoms with Gasteiger partial charge in [0.15, 0.2) is 0 Å². The number of halogens is 2. The van der Waals surface area contributed by atoms with Crippen molar-refractivity contribution in [2.24, 2.45) is 7.05 Å². The number of aromatic nitrogens is 2. The van der Waals surface area contributed by atoms with E-state index < -0.39 is 5.97 Å². The van der Waals surface area contributed by atoms with Crippen molar-refractivity contribution < 1.29 is 9.90 Å². The average molecular weight is 376 g/mol. The molecule has 0 saturated carbocycles. The molecule has 0 aliphatic heterocycles. The van der Waals surface area contributed by atoms with E-state index >= 15 is 0 Å². The largest absolute Gasteiger partial charge is 0.478 e. The van der Waals surface area contributed by atoms with Gasteiger partial charge in [0.2, 0.25) is 0 Å². The van der Waals surface area contributed by atoms with Crippen molar-refractivity contribution in [1.82, 2.24) is 9.78 Å². The zero-order valence-corrected chi connectivity index (χ0v) is 14.0. The molecule has 1 aromatic heterocycles. The van der Waals surface area contributed by atoms with E-state index in [-0.39, 0.29) is 5.56 Å². The van der Waals surface area contributed by atoms with Crippen LogP contribution >= 0.6 is 39.3 Å². The predicted octanol–water partition coefficient (Wildman–Crippen LogP) is 4.13. The van der Waals surface area contributed by atoms with Crippen molar-refractivity contribution >= 4 is 45.3 Å². The minimum absolute atomic E-state index is 0.285. The number of aromatic carboxylic acids is 1. The van der Waals surface area contributed by atoms with Crippen LogP contribution in [0.1, 0.15) is 21.7 Å². The molecule has 2 aromatic rings. The van der Waals surface area contributed by atoms with Gasteiger partial charge in [-0.25, -0.2) is 4.79 Å². The first-order valence-electron chi connectivity index (χ1n) is 5.73. The summed E-state index contributed by atoms with van der Waals surface area (Å²) >= 11 is 11.0. The van der Waals surface area contributed by atoms with Crippen molar-refractivity contribution in [3.05, 3.63) is 44.6 Å². The van der Waals surface area contributed by atoms with E-state index in [0.29, 0.717) is 15.7 Å². The summed E-state index contributed by atoms with van der Waals surface area (Å²) in [5, 5.41) is 14.1. The van der Waals surface area contributed by atoms with Crippen LogP contribution in [-0.2, 0) is 12.8 Å². The van der Waals surface area contributed by atoms with E-state index in [1.165, 1.54) is 11.8 Å². The van der Waals surface area contributed by atoms with Crippen molar-refractivity contribution in [2.75, 3.05) is 0 Å². The van der Waals surface area contributed by atoms with Crippen LogP contribution in [0.25, 0.3) is 0 Å². The number of carbonyl (C=O) groups is 1. The first-order valence-corrected chi connectivity index (χ1v) is 7.89. The summed E-state index contributed by atoms with van der Waals surface area (Å²) in [5.74, 6) is -0.375. The second-order valence-electron chi connectivity index (χ2n) is 4.20. The molecule has 1 heterocycles. The zero-order valence-electron chi connectivity index (χ0n) is 10.9. The van der Waals surface area contributed by atoms with Crippen LogP contribution in [0.15, 0.2) is 27.6 Å². The lowest BCUT2D eigenvalue weighted by Gasteiger charge is -2.07. The van der Waals surface area contributed by atoms with E-state index in [4.69, 9.17) is 11.6 Å². The molecule has 20 heavy (non-hydrogen) atoms. The second kappa shape index (κ2) is 6.20. The normalized spacial score (nSPS) is 10.8. The number of carboxylic acids is 1. The summed E-state index contributed by atoms with van der Waals surface area (Å²) in [6.45, 7) is 1.85. The Morgan fingerprint density at radius 3 is 2.80 bits per heavy atom. The first kappa shape index (κ1) is 15.4. The fraction of sp³-hybridized carbons (Fsp3) is 0.231. The molecule has 0 unspecified atom stereocenters. The van der Waals surface area contributed by atoms with Crippen molar-refractivity contribution in [3.8, 4) is 0 Å². The van der Waals surface area contributed by atoms with Gasteiger partial charge in [-0.2, -0.15) is 5.10 Å². The van der Waals surface area contributed by atoms with Gasteiger partial charge in [-0.3, -0.25) is 4.68 Å². The van der Waals surface area contributed by atoms with E-state index in [9.17, 15) is 9.90 Å². The molecule has 0 fully saturated rings. The van der Waals surface area contributed by atoms with E-state index in [1.807, 2.05) is 14.0 Å². The number of hydrogen-bond acceptors (Lipinski definition) is 3. The molecule has 0 aliphatic carbocycles. The van der Waals surface area contributed by atoms with E-state index in [1.54, 1.807) is 22.9 Å². The summed E-state index contributed by atoms with van der Waals surface area (Å²) in [5.41, 5.74) is 1.94. The summed E-state index contributed by atoms with van der Waals surface area (Å²) in [6.07, 6.45) is 0. The fourth-order valence-electron chi connectivity index (χ4n) is 1.78. The maximum absolute atomic E-state index is 11.2. The number of aryl methyl sites for hydroxylation is 2. The van der Waals surface area contributed by atoms with Gasteiger partial charge in [0.25, 0.3) is 0 Å². The molecular weight excluding hydrogens is 364 g/mol. The topological polar surface area (TPSA) is 55.1 Å². The van der Waals surface area contributed by atoms with Crippen LogP contribution in [-0.4, -0.2) is 20.9 Å². The van der Waals surface area contributed by atoms with Crippen LogP contribution in [0.4, 0.5) is 0 Å². The molecule has 0 amide bonds. The smallest absolute Gasteiger partial charge is 0.336 e. The third-order valence-corrected chi connectivity index (χ3v) is 4.85. The number of thioether (sulfide) groups is 1. The standard InChI is InChI=1S/C13H12BrClN2O2S/c1-7-12(15)10(17(2)16-7)6-20-11-5-8(14)3-4-9(11)13(18)19/h3-5H,6H2,1-2H3,(H,18,19). The van der Waals surface area contributed by atoms with Gasteiger partial charge in [0.1, 0.15) is 0 Å². The lowest BCUT2D eigenvalue weighted by molar-refractivity contribution is 0.0693. The number of nitrogens with zero attached hydrogens (tertiary/aromatic N) is 2. The van der Waals surface area contributed by atoms with Gasteiger partial charge in [-0.15, -0.1) is 11.8 Å². The Kier molecular flexibility index (Phi) is 4.78. The predicted molar refractivity (Wildman–Crippen MR) is 83.6 cm³/mol. The minimum Gasteiger partial charge on any atom is -0.478 e. The molecule has 0 spiro atoms. The number of rotatable bonds is 4. The maximum atomic E-state index is 11.2. The van der Waals surface area contributed by atoms with Gasteiger partial charge in [-0.1, -0.05) is 27.5 Å². The molecule has 2 rings (SSSR count). The van der Waals surface area contributed by atoms with Crippen LogP contribution in [0, 0.1) is 6.92 Å². The molecule has 0 atom stereocenters. The molecule has 0 aliphatic rings. The van der Waals surface area contributed by atoms with Gasteiger partial charge in [0, 0.05) is 22.2 Å². The Labute approximate surface area is 134 Å². The molecule has 7 heteroatoms. The number of hydrogen-bond donors (Lipinski definition) is 1. The summed E-state index contributed by atoms with van der Waals surface area (Å²) in [6, 6.07) is 5.10. The third kappa shape index (κ3) is 3.19. The molecule has 1 N–H and O–H groups in total. The number of benzene rings is 1. The van der Waals surface area contributed by atoms with Gasteiger partial charge < -0.3 is 5.11 Å². The van der Waals surface area contributed by atoms with Crippen LogP contribution in [0.5, 0.6) is 0 Å². The third-order valence-electron chi connectivity index (χ3n) is 2.80. The Morgan fingerprint density at radius 1 is 1.55 bits per heavy atom. The lowest BCUT2D eigenvalue weighted by atomic mass is 10.2. The Morgan fingerprint density at radius 2 is 2.25 bits per heavy atom. The zero-order chi connectivity index (χ0) is 14.9. The van der Waals surface area contributed by atoms with Crippen LogP contribution in [0.3, 0.4) is 0 Å². The highest BCUT2D eigenvalue weighted by Gasteiger charge is 2.15. The average Bonchev–Trinajstić information content (AvgIpc) is 2.61. The van der Waals surface area contributed by atoms with Crippen LogP contribution < -0.4 is 0 Å². The molecule has 0 radical (unpaired) electrons. The highest BCUT2D eigenvalue weighted by molar-refractivity contribution is 9.10. The molecule has 4 nitrogen and oxygen atoms in total. The van der Waals surface area contributed by atoms with Gasteiger partial charge in [0.05, 0.1) is 22.0 Å². The molecule has 0 saturated heterocycles. The molecule has 106 valence electrons. The summed E-state index contributed by atoms with van der Waals surface area (Å²) in [7, 11) is 1.83. The SMILES string of the molecule is Cc1nn(C)c(CSc2cc(Br)ccc2C(=O)O)c1Cl. The van der Waals surface area contributed by atoms with Gasteiger partial charge >= 0.3 is 5.97 Å². The minimum atomic E-state index is -0.938. The highest BCUT2D eigenvalue weighted by Crippen LogP contribution is 2.32. The quantitative estimate of drug-likeness (QED) is 0.816. The van der Waals surface area contributed by atoms with Gasteiger partial charge in [-0.05, 0) is 25.1 Å². The fourth-order valence-corrected chi connectivity index (χ4v) is 3.74. The van der Waals surface area contributed by atoms with Crippen LogP contribution in [0.2, 0.25) is 5.02 Å². The maximum Gasteiger partial charge on any atom is 0.336 e. The highest BCUT2D eigenvalue weighted by atomic mass is 79.9. The Bertz CT molecular complexity index is 673.